The maximum absolute atomic E-state index is 13.6. The Balaban J connectivity index is 2.46. The second kappa shape index (κ2) is 11.9. The second-order valence-corrected chi connectivity index (χ2v) is 11.0. The average Bonchev–Trinajstić information content (AvgIpc) is 2.74. The number of hydrogen-bond acceptors (Lipinski definition) is 4. The SMILES string of the molecule is CCCNC(=O)[C@@H](C)N(Cc1ccc(Cl)cc1Cl)C(=O)CN(c1c(C)cccc1C)S(C)(=O)=O. The van der Waals surface area contributed by atoms with Crippen molar-refractivity contribution in [3.05, 3.63) is 63.1 Å². The van der Waals surface area contributed by atoms with Crippen molar-refractivity contribution in [2.75, 3.05) is 23.7 Å². The minimum atomic E-state index is -3.80. The zero-order chi connectivity index (χ0) is 25.6. The molecule has 1 N–H and O–H groups in total. The fraction of sp³-hybridized carbons (Fsp3) is 0.417. The van der Waals surface area contributed by atoms with Crippen LogP contribution in [-0.2, 0) is 26.2 Å². The Kier molecular flexibility index (Phi) is 9.79. The Bertz CT molecular complexity index is 1130. The van der Waals surface area contributed by atoms with Crippen LogP contribution in [0.1, 0.15) is 37.0 Å². The zero-order valence-electron chi connectivity index (χ0n) is 20.1. The quantitative estimate of drug-likeness (QED) is 0.498. The van der Waals surface area contributed by atoms with Gasteiger partial charge < -0.3 is 10.2 Å². The number of aryl methyl sites for hydroxylation is 2. The van der Waals surface area contributed by atoms with E-state index in [1.165, 1.54) is 4.90 Å². The third kappa shape index (κ3) is 7.10. The lowest BCUT2D eigenvalue weighted by Gasteiger charge is -2.32. The molecule has 2 aromatic rings. The zero-order valence-corrected chi connectivity index (χ0v) is 22.4. The number of hydrogen-bond donors (Lipinski definition) is 1. The molecule has 2 amide bonds. The van der Waals surface area contributed by atoms with Gasteiger partial charge in [-0.3, -0.25) is 13.9 Å². The lowest BCUT2D eigenvalue weighted by Crippen LogP contribution is -2.51. The fourth-order valence-electron chi connectivity index (χ4n) is 3.59. The smallest absolute Gasteiger partial charge is 0.244 e. The molecule has 0 radical (unpaired) electrons. The van der Waals surface area contributed by atoms with E-state index in [9.17, 15) is 18.0 Å². The normalized spacial score (nSPS) is 12.2. The van der Waals surface area contributed by atoms with E-state index in [1.54, 1.807) is 51.1 Å². The van der Waals surface area contributed by atoms with Crippen molar-refractivity contribution in [2.45, 2.75) is 46.7 Å². The number of carbonyl (C=O) groups is 2. The first kappa shape index (κ1) is 28.0. The highest BCUT2D eigenvalue weighted by Gasteiger charge is 2.31. The average molecular weight is 529 g/mol. The number of carbonyl (C=O) groups excluding carboxylic acids is 2. The highest BCUT2D eigenvalue weighted by molar-refractivity contribution is 7.92. The molecule has 1 atom stereocenters. The van der Waals surface area contributed by atoms with Gasteiger partial charge in [0.2, 0.25) is 21.8 Å². The lowest BCUT2D eigenvalue weighted by molar-refractivity contribution is -0.139. The molecule has 0 heterocycles. The van der Waals surface area contributed by atoms with Crippen molar-refractivity contribution >= 4 is 50.7 Å². The van der Waals surface area contributed by atoms with Gasteiger partial charge in [0, 0.05) is 23.1 Å². The first-order valence-corrected chi connectivity index (χ1v) is 13.5. The van der Waals surface area contributed by atoms with Crippen LogP contribution in [0.25, 0.3) is 0 Å². The Labute approximate surface area is 212 Å². The minimum absolute atomic E-state index is 0.0138. The molecule has 7 nitrogen and oxygen atoms in total. The number of amides is 2. The van der Waals surface area contributed by atoms with Gasteiger partial charge >= 0.3 is 0 Å². The molecule has 0 aromatic heterocycles. The third-order valence-electron chi connectivity index (χ3n) is 5.44. The van der Waals surface area contributed by atoms with Crippen LogP contribution >= 0.6 is 23.2 Å². The van der Waals surface area contributed by atoms with Crippen LogP contribution in [0, 0.1) is 13.8 Å². The van der Waals surface area contributed by atoms with Gasteiger partial charge in [0.15, 0.2) is 0 Å². The van der Waals surface area contributed by atoms with Crippen LogP contribution in [-0.4, -0.2) is 50.5 Å². The second-order valence-electron chi connectivity index (χ2n) is 8.23. The molecular weight excluding hydrogens is 497 g/mol. The largest absolute Gasteiger partial charge is 0.354 e. The van der Waals surface area contributed by atoms with Crippen LogP contribution in [0.5, 0.6) is 0 Å². The predicted molar refractivity (Wildman–Crippen MR) is 138 cm³/mol. The lowest BCUT2D eigenvalue weighted by atomic mass is 10.1. The number of rotatable bonds is 10. The van der Waals surface area contributed by atoms with Gasteiger partial charge in [-0.25, -0.2) is 8.42 Å². The molecule has 0 saturated heterocycles. The monoisotopic (exact) mass is 527 g/mol. The van der Waals surface area contributed by atoms with E-state index in [4.69, 9.17) is 23.2 Å². The maximum atomic E-state index is 13.6. The van der Waals surface area contributed by atoms with Crippen LogP contribution in [0.3, 0.4) is 0 Å². The number of nitrogens with one attached hydrogen (secondary N) is 1. The van der Waals surface area contributed by atoms with E-state index in [0.29, 0.717) is 27.8 Å². The van der Waals surface area contributed by atoms with E-state index in [2.05, 4.69) is 5.32 Å². The first-order valence-electron chi connectivity index (χ1n) is 10.9. The summed E-state index contributed by atoms with van der Waals surface area (Å²) in [5, 5.41) is 3.58. The summed E-state index contributed by atoms with van der Waals surface area (Å²) >= 11 is 12.3. The van der Waals surface area contributed by atoms with Crippen molar-refractivity contribution < 1.29 is 18.0 Å². The summed E-state index contributed by atoms with van der Waals surface area (Å²) in [5.41, 5.74) is 2.48. The molecule has 0 aliphatic carbocycles. The summed E-state index contributed by atoms with van der Waals surface area (Å²) in [6, 6.07) is 9.43. The predicted octanol–water partition coefficient (Wildman–Crippen LogP) is 4.32. The first-order chi connectivity index (χ1) is 15.9. The van der Waals surface area contributed by atoms with E-state index >= 15 is 0 Å². The Morgan fingerprint density at radius 1 is 1.09 bits per heavy atom. The van der Waals surface area contributed by atoms with Crippen LogP contribution in [0.4, 0.5) is 5.69 Å². The summed E-state index contributed by atoms with van der Waals surface area (Å²) in [6.07, 6.45) is 1.80. The Hall–Kier alpha value is -2.29. The van der Waals surface area contributed by atoms with Crippen molar-refractivity contribution in [1.29, 1.82) is 0 Å². The number of sulfonamides is 1. The molecule has 186 valence electrons. The van der Waals surface area contributed by atoms with E-state index in [1.807, 2.05) is 13.0 Å². The minimum Gasteiger partial charge on any atom is -0.354 e. The number of halogens is 2. The summed E-state index contributed by atoms with van der Waals surface area (Å²) in [6.45, 7) is 7.13. The molecule has 0 unspecified atom stereocenters. The number of benzene rings is 2. The topological polar surface area (TPSA) is 86.8 Å². The van der Waals surface area contributed by atoms with E-state index in [0.717, 1.165) is 28.1 Å². The molecule has 10 heteroatoms. The Morgan fingerprint density at radius 3 is 2.24 bits per heavy atom. The van der Waals surface area contributed by atoms with Gasteiger partial charge in [0.25, 0.3) is 0 Å². The molecule has 2 aromatic carbocycles. The summed E-state index contributed by atoms with van der Waals surface area (Å²) in [5.74, 6) is -0.864. The molecule has 0 bridgehead atoms. The molecule has 0 aliphatic heterocycles. The van der Waals surface area contributed by atoms with Gasteiger partial charge in [-0.2, -0.15) is 0 Å². The summed E-state index contributed by atoms with van der Waals surface area (Å²) in [7, 11) is -3.80. The molecule has 0 spiro atoms. The molecule has 0 saturated carbocycles. The number of para-hydroxylation sites is 1. The maximum Gasteiger partial charge on any atom is 0.244 e. The number of anilines is 1. The van der Waals surface area contributed by atoms with Gasteiger partial charge in [-0.1, -0.05) is 54.4 Å². The molecule has 34 heavy (non-hydrogen) atoms. The number of nitrogens with zero attached hydrogens (tertiary/aromatic N) is 2. The Morgan fingerprint density at radius 2 is 1.71 bits per heavy atom. The van der Waals surface area contributed by atoms with Crippen molar-refractivity contribution in [1.82, 2.24) is 10.2 Å². The highest BCUT2D eigenvalue weighted by atomic mass is 35.5. The van der Waals surface area contributed by atoms with Gasteiger partial charge in [-0.05, 0) is 56.0 Å². The molecule has 0 fully saturated rings. The van der Waals surface area contributed by atoms with Crippen molar-refractivity contribution in [3.63, 3.8) is 0 Å². The van der Waals surface area contributed by atoms with Gasteiger partial charge in [0.1, 0.15) is 12.6 Å². The fourth-order valence-corrected chi connectivity index (χ4v) is 5.02. The van der Waals surface area contributed by atoms with Crippen LogP contribution in [0.15, 0.2) is 36.4 Å². The molecular formula is C24H31Cl2N3O4S. The van der Waals surface area contributed by atoms with Crippen molar-refractivity contribution in [3.8, 4) is 0 Å². The molecule has 0 aliphatic rings. The van der Waals surface area contributed by atoms with Gasteiger partial charge in [0.05, 0.1) is 11.9 Å². The van der Waals surface area contributed by atoms with Crippen molar-refractivity contribution in [2.24, 2.45) is 0 Å². The highest BCUT2D eigenvalue weighted by Crippen LogP contribution is 2.28. The standard InChI is InChI=1S/C24H31Cl2N3O4S/c1-6-12-27-24(31)18(4)28(14-19-10-11-20(25)13-21(19)26)22(30)15-29(34(5,32)33)23-16(2)8-7-9-17(23)3/h7-11,13,18H,6,12,14-15H2,1-5H3,(H,27,31)/t18-/m1/s1. The summed E-state index contributed by atoms with van der Waals surface area (Å²) in [4.78, 5) is 27.7. The van der Waals surface area contributed by atoms with Gasteiger partial charge in [-0.15, -0.1) is 0 Å². The van der Waals surface area contributed by atoms with E-state index < -0.39 is 28.5 Å². The molecule has 2 rings (SSSR count). The van der Waals surface area contributed by atoms with E-state index in [-0.39, 0.29) is 12.5 Å². The third-order valence-corrected chi connectivity index (χ3v) is 7.14. The summed E-state index contributed by atoms with van der Waals surface area (Å²) < 4.78 is 26.5. The van der Waals surface area contributed by atoms with Crippen LogP contribution in [0.2, 0.25) is 10.0 Å². The van der Waals surface area contributed by atoms with Crippen LogP contribution < -0.4 is 9.62 Å².